The molecule has 0 N–H and O–H groups in total. The first kappa shape index (κ1) is 11.1. The van der Waals surface area contributed by atoms with E-state index < -0.39 is 0 Å². The number of allylic oxidation sites excluding steroid dienone is 3. The molecule has 0 radical (unpaired) electrons. The van der Waals surface area contributed by atoms with E-state index in [-0.39, 0.29) is 6.79 Å². The first-order valence-electron chi connectivity index (χ1n) is 5.02. The summed E-state index contributed by atoms with van der Waals surface area (Å²) in [5.41, 5.74) is 1.89. The summed E-state index contributed by atoms with van der Waals surface area (Å²) in [4.78, 5) is 2.05. The van der Waals surface area contributed by atoms with Gasteiger partial charge in [0.25, 0.3) is 0 Å². The normalized spacial score (nSPS) is 27.7. The van der Waals surface area contributed by atoms with Gasteiger partial charge in [0.15, 0.2) is 11.5 Å². The van der Waals surface area contributed by atoms with E-state index in [2.05, 4.69) is 6.58 Å². The Kier molecular flexibility index (Phi) is 2.97. The minimum Gasteiger partial charge on any atom is -0.454 e. The quantitative estimate of drug-likeness (QED) is 0.649. The zero-order valence-electron chi connectivity index (χ0n) is 9.42. The largest absolute Gasteiger partial charge is 0.454 e. The van der Waals surface area contributed by atoms with E-state index in [9.17, 15) is 0 Å². The second kappa shape index (κ2) is 4.26. The fourth-order valence-electron chi connectivity index (χ4n) is 1.61. The Morgan fingerprint density at radius 3 is 2.88 bits per heavy atom. The van der Waals surface area contributed by atoms with Crippen molar-refractivity contribution in [2.75, 3.05) is 20.4 Å². The smallest absolute Gasteiger partial charge is 0.231 e. The highest BCUT2D eigenvalue weighted by Gasteiger charge is 2.20. The minimum absolute atomic E-state index is 0.229. The highest BCUT2D eigenvalue weighted by atomic mass is 35.5. The molecule has 3 nitrogen and oxygen atoms in total. The molecule has 0 saturated heterocycles. The van der Waals surface area contributed by atoms with Gasteiger partial charge in [-0.25, -0.2) is 0 Å². The molecule has 2 aliphatic rings. The predicted molar refractivity (Wildman–Crippen MR) is 63.5 cm³/mol. The number of rotatable bonds is 0. The summed E-state index contributed by atoms with van der Waals surface area (Å²) in [5, 5.41) is 0.711. The van der Waals surface area contributed by atoms with Crippen molar-refractivity contribution in [3.8, 4) is 0 Å². The number of ether oxygens (including phenoxy) is 2. The van der Waals surface area contributed by atoms with Gasteiger partial charge in [0.1, 0.15) is 0 Å². The van der Waals surface area contributed by atoms with Crippen molar-refractivity contribution in [3.63, 3.8) is 0 Å². The summed E-state index contributed by atoms with van der Waals surface area (Å²) in [6.07, 6.45) is 3.76. The van der Waals surface area contributed by atoms with E-state index in [1.807, 2.05) is 24.9 Å². The third-order valence-corrected chi connectivity index (χ3v) is 2.82. The van der Waals surface area contributed by atoms with Crippen molar-refractivity contribution < 1.29 is 9.47 Å². The first-order valence-corrected chi connectivity index (χ1v) is 5.40. The van der Waals surface area contributed by atoms with Gasteiger partial charge in [-0.15, -0.1) is 0 Å². The molecule has 0 amide bonds. The molecule has 0 saturated carbocycles. The molecule has 0 aromatic carbocycles. The predicted octanol–water partition coefficient (Wildman–Crippen LogP) is 2.73. The van der Waals surface area contributed by atoms with Crippen molar-refractivity contribution in [1.29, 1.82) is 0 Å². The summed E-state index contributed by atoms with van der Waals surface area (Å²) in [6.45, 7) is 6.86. The highest BCUT2D eigenvalue weighted by molar-refractivity contribution is 6.30. The number of nitrogens with zero attached hydrogens (tertiary/aromatic N) is 1. The van der Waals surface area contributed by atoms with Gasteiger partial charge in [0.2, 0.25) is 6.79 Å². The topological polar surface area (TPSA) is 21.7 Å². The summed E-state index contributed by atoms with van der Waals surface area (Å²) in [7, 11) is 1.98. The van der Waals surface area contributed by atoms with E-state index in [0.29, 0.717) is 23.1 Å². The Labute approximate surface area is 100 Å². The average molecular weight is 240 g/mol. The van der Waals surface area contributed by atoms with Crippen LogP contribution >= 0.6 is 11.6 Å². The van der Waals surface area contributed by atoms with Crippen LogP contribution in [0.1, 0.15) is 6.92 Å². The van der Waals surface area contributed by atoms with Crippen LogP contribution in [-0.2, 0) is 9.47 Å². The molecule has 0 aromatic rings. The molecule has 0 bridgehead atoms. The zero-order chi connectivity index (χ0) is 11.7. The van der Waals surface area contributed by atoms with Crippen LogP contribution in [0.3, 0.4) is 0 Å². The van der Waals surface area contributed by atoms with Gasteiger partial charge in [-0.3, -0.25) is 0 Å². The van der Waals surface area contributed by atoms with Crippen LogP contribution in [0.15, 0.2) is 46.6 Å². The summed E-state index contributed by atoms with van der Waals surface area (Å²) < 4.78 is 10.7. The lowest BCUT2D eigenvalue weighted by atomic mass is 10.2. The SMILES string of the molecule is C=C1/C=C(/C)N(C)C/C(Cl)=C\C2=C1OCO2. The maximum atomic E-state index is 6.13. The molecular weight excluding hydrogens is 226 g/mol. The number of hydrogen-bond donors (Lipinski definition) is 0. The van der Waals surface area contributed by atoms with Crippen LogP contribution in [0, 0.1) is 0 Å². The van der Waals surface area contributed by atoms with Crippen LogP contribution in [-0.4, -0.2) is 25.3 Å². The Bertz CT molecular complexity index is 421. The van der Waals surface area contributed by atoms with Crippen LogP contribution in [0.2, 0.25) is 0 Å². The maximum Gasteiger partial charge on any atom is 0.231 e. The minimum atomic E-state index is 0.229. The van der Waals surface area contributed by atoms with E-state index >= 15 is 0 Å². The van der Waals surface area contributed by atoms with Gasteiger partial charge in [0, 0.05) is 29.4 Å². The summed E-state index contributed by atoms with van der Waals surface area (Å²) >= 11 is 6.13. The molecule has 2 aliphatic heterocycles. The monoisotopic (exact) mass is 239 g/mol. The molecule has 4 heteroatoms. The van der Waals surface area contributed by atoms with Crippen molar-refractivity contribution in [2.24, 2.45) is 0 Å². The Balaban J connectivity index is 2.44. The molecule has 0 atom stereocenters. The van der Waals surface area contributed by atoms with E-state index in [0.717, 1.165) is 11.3 Å². The van der Waals surface area contributed by atoms with Crippen LogP contribution in [0.5, 0.6) is 0 Å². The zero-order valence-corrected chi connectivity index (χ0v) is 10.2. The average Bonchev–Trinajstić information content (AvgIpc) is 2.64. The molecule has 2 rings (SSSR count). The standard InChI is InChI=1S/C12H14ClNO2/c1-8-4-9(2)14(3)6-10(13)5-11-12(8)16-7-15-11/h4-5H,1,6-7H2,2-3H3/b9-4-,10-5+. The maximum absolute atomic E-state index is 6.13. The first-order chi connectivity index (χ1) is 7.58. The van der Waals surface area contributed by atoms with E-state index in [1.54, 1.807) is 6.08 Å². The van der Waals surface area contributed by atoms with Crippen molar-refractivity contribution in [3.05, 3.63) is 46.6 Å². The Hall–Kier alpha value is -1.35. The van der Waals surface area contributed by atoms with Crippen molar-refractivity contribution >= 4 is 11.6 Å². The summed E-state index contributed by atoms with van der Waals surface area (Å²) in [5.74, 6) is 1.34. The Morgan fingerprint density at radius 2 is 2.12 bits per heavy atom. The van der Waals surface area contributed by atoms with Gasteiger partial charge in [0.05, 0.1) is 6.54 Å². The third kappa shape index (κ3) is 2.09. The number of halogens is 1. The van der Waals surface area contributed by atoms with Gasteiger partial charge in [-0.2, -0.15) is 0 Å². The summed E-state index contributed by atoms with van der Waals surface area (Å²) in [6, 6.07) is 0. The van der Waals surface area contributed by atoms with Crippen LogP contribution in [0.25, 0.3) is 0 Å². The van der Waals surface area contributed by atoms with Crippen LogP contribution in [0.4, 0.5) is 0 Å². The lowest BCUT2D eigenvalue weighted by Crippen LogP contribution is -2.17. The molecule has 86 valence electrons. The van der Waals surface area contributed by atoms with Gasteiger partial charge >= 0.3 is 0 Å². The van der Waals surface area contributed by atoms with Gasteiger partial charge in [-0.05, 0) is 13.0 Å². The van der Waals surface area contributed by atoms with Gasteiger partial charge in [-0.1, -0.05) is 18.2 Å². The molecule has 0 spiro atoms. The fraction of sp³-hybridized carbons (Fsp3) is 0.333. The number of likely N-dealkylation sites (N-methyl/N-ethyl adjacent to an activating group) is 1. The highest BCUT2D eigenvalue weighted by Crippen LogP contribution is 2.28. The lowest BCUT2D eigenvalue weighted by Gasteiger charge is -2.19. The number of hydrogen-bond acceptors (Lipinski definition) is 3. The third-order valence-electron chi connectivity index (χ3n) is 2.59. The van der Waals surface area contributed by atoms with Crippen molar-refractivity contribution in [1.82, 2.24) is 4.90 Å². The molecule has 0 fully saturated rings. The molecule has 0 aliphatic carbocycles. The lowest BCUT2D eigenvalue weighted by molar-refractivity contribution is 0.0769. The second-order valence-electron chi connectivity index (χ2n) is 3.86. The molecule has 16 heavy (non-hydrogen) atoms. The molecule has 2 heterocycles. The molecular formula is C12H14ClNO2. The Morgan fingerprint density at radius 1 is 1.38 bits per heavy atom. The second-order valence-corrected chi connectivity index (χ2v) is 4.34. The van der Waals surface area contributed by atoms with Crippen molar-refractivity contribution in [2.45, 2.75) is 6.92 Å². The van der Waals surface area contributed by atoms with E-state index in [1.165, 1.54) is 0 Å². The van der Waals surface area contributed by atoms with Crippen LogP contribution < -0.4 is 0 Å². The molecule has 0 unspecified atom stereocenters. The fourth-order valence-corrected chi connectivity index (χ4v) is 1.89. The van der Waals surface area contributed by atoms with E-state index in [4.69, 9.17) is 21.1 Å². The molecule has 0 aromatic heterocycles. The van der Waals surface area contributed by atoms with Gasteiger partial charge < -0.3 is 14.4 Å².